The third kappa shape index (κ3) is 5.12. The van der Waals surface area contributed by atoms with E-state index in [4.69, 9.17) is 16.3 Å². The van der Waals surface area contributed by atoms with E-state index in [1.807, 2.05) is 17.0 Å². The van der Waals surface area contributed by atoms with Crippen LogP contribution in [0, 0.1) is 0 Å². The van der Waals surface area contributed by atoms with Gasteiger partial charge in [-0.25, -0.2) is 9.78 Å². The fourth-order valence-corrected chi connectivity index (χ4v) is 6.36. The van der Waals surface area contributed by atoms with Crippen molar-refractivity contribution in [1.82, 2.24) is 9.88 Å². The van der Waals surface area contributed by atoms with Crippen molar-refractivity contribution in [2.24, 2.45) is 0 Å². The number of esters is 1. The second-order valence-corrected chi connectivity index (χ2v) is 10.9. The van der Waals surface area contributed by atoms with Crippen LogP contribution in [0.3, 0.4) is 0 Å². The summed E-state index contributed by atoms with van der Waals surface area (Å²) in [6.45, 7) is 5.44. The standard InChI is InChI=1S/C22H25ClN4O4S2/c1-3-31-18(29)6-9-32-19-11-24-20(33-19)25-21(30)27-13-22(7-8-26(12-22)14(2)28)16-10-15(23)4-5-17(16)27/h4-5,10-11H,3,6-9,12-13H2,1-2H3,(H,24,25,30)/t22-/m1/s1. The number of halogens is 1. The lowest BCUT2D eigenvalue weighted by Gasteiger charge is -2.25. The molecule has 3 heterocycles. The Morgan fingerprint density at radius 3 is 2.88 bits per heavy atom. The molecular weight excluding hydrogens is 484 g/mol. The molecule has 1 saturated heterocycles. The molecule has 8 nitrogen and oxygen atoms in total. The van der Waals surface area contributed by atoms with Crippen LogP contribution in [0.1, 0.15) is 32.3 Å². The minimum atomic E-state index is -0.319. The Hall–Kier alpha value is -2.30. The lowest BCUT2D eigenvalue weighted by Crippen LogP contribution is -2.41. The fourth-order valence-electron chi connectivity index (χ4n) is 4.32. The van der Waals surface area contributed by atoms with Crippen LogP contribution in [0.2, 0.25) is 5.02 Å². The van der Waals surface area contributed by atoms with E-state index in [9.17, 15) is 14.4 Å². The summed E-state index contributed by atoms with van der Waals surface area (Å²) in [5.74, 6) is 0.401. The predicted octanol–water partition coefficient (Wildman–Crippen LogP) is 4.38. The van der Waals surface area contributed by atoms with Gasteiger partial charge in [0.15, 0.2) is 5.13 Å². The van der Waals surface area contributed by atoms with Crippen LogP contribution < -0.4 is 10.2 Å². The highest BCUT2D eigenvalue weighted by Gasteiger charge is 2.49. The number of aromatic nitrogens is 1. The van der Waals surface area contributed by atoms with Gasteiger partial charge in [-0.05, 0) is 37.1 Å². The van der Waals surface area contributed by atoms with Gasteiger partial charge >= 0.3 is 12.0 Å². The zero-order chi connectivity index (χ0) is 23.6. The highest BCUT2D eigenvalue weighted by molar-refractivity contribution is 8.01. The van der Waals surface area contributed by atoms with Crippen LogP contribution in [0.15, 0.2) is 28.6 Å². The van der Waals surface area contributed by atoms with E-state index in [0.717, 1.165) is 21.9 Å². The number of amides is 3. The first-order valence-corrected chi connectivity index (χ1v) is 12.9. The highest BCUT2D eigenvalue weighted by Crippen LogP contribution is 2.47. The number of thioether (sulfide) groups is 1. The maximum Gasteiger partial charge on any atom is 0.328 e. The first-order chi connectivity index (χ1) is 15.8. The number of nitrogens with one attached hydrogen (secondary N) is 1. The molecule has 0 unspecified atom stereocenters. The van der Waals surface area contributed by atoms with Crippen molar-refractivity contribution in [2.45, 2.75) is 36.3 Å². The third-order valence-electron chi connectivity index (χ3n) is 5.88. The van der Waals surface area contributed by atoms with Gasteiger partial charge in [0.05, 0.1) is 23.4 Å². The van der Waals surface area contributed by atoms with Crippen LogP contribution in [-0.2, 0) is 19.7 Å². The van der Waals surface area contributed by atoms with E-state index in [0.29, 0.717) is 48.6 Å². The Morgan fingerprint density at radius 1 is 1.33 bits per heavy atom. The van der Waals surface area contributed by atoms with Gasteiger partial charge in [0, 0.05) is 48.4 Å². The second-order valence-electron chi connectivity index (χ2n) is 8.04. The zero-order valence-electron chi connectivity index (χ0n) is 18.4. The first kappa shape index (κ1) is 23.8. The average Bonchev–Trinajstić information content (AvgIpc) is 3.47. The van der Waals surface area contributed by atoms with E-state index < -0.39 is 0 Å². The number of anilines is 2. The van der Waals surface area contributed by atoms with Gasteiger partial charge in [0.25, 0.3) is 0 Å². The molecule has 0 aliphatic carbocycles. The number of carbonyl (C=O) groups excluding carboxylic acids is 3. The summed E-state index contributed by atoms with van der Waals surface area (Å²) in [6, 6.07) is 5.28. The van der Waals surface area contributed by atoms with Crippen LogP contribution >= 0.6 is 34.7 Å². The van der Waals surface area contributed by atoms with Gasteiger partial charge < -0.3 is 9.64 Å². The minimum absolute atomic E-state index is 0.0362. The molecule has 1 aromatic heterocycles. The number of hydrogen-bond acceptors (Lipinski definition) is 7. The highest BCUT2D eigenvalue weighted by atomic mass is 35.5. The van der Waals surface area contributed by atoms with Crippen molar-refractivity contribution >= 4 is 63.4 Å². The number of fused-ring (bicyclic) bond motifs is 2. The molecule has 1 atom stereocenters. The molecule has 4 rings (SSSR count). The SMILES string of the molecule is CCOC(=O)CCSc1cnc(NC(=O)N2C[C@]3(CCN(C(C)=O)C3)c3cc(Cl)ccc32)s1. The number of thiazole rings is 1. The molecule has 0 bridgehead atoms. The van der Waals surface area contributed by atoms with Crippen molar-refractivity contribution in [2.75, 3.05) is 42.2 Å². The largest absolute Gasteiger partial charge is 0.466 e. The molecule has 2 aromatic rings. The first-order valence-electron chi connectivity index (χ1n) is 10.7. The number of likely N-dealkylation sites (tertiary alicyclic amines) is 1. The Bertz CT molecular complexity index is 1080. The van der Waals surface area contributed by atoms with Crippen LogP contribution in [0.4, 0.5) is 15.6 Å². The summed E-state index contributed by atoms with van der Waals surface area (Å²) >= 11 is 9.15. The summed E-state index contributed by atoms with van der Waals surface area (Å²) in [6.07, 6.45) is 2.80. The predicted molar refractivity (Wildman–Crippen MR) is 130 cm³/mol. The molecule has 3 amide bonds. The van der Waals surface area contributed by atoms with Crippen LogP contribution in [-0.4, -0.2) is 59.8 Å². The number of hydrogen-bond donors (Lipinski definition) is 1. The van der Waals surface area contributed by atoms with Crippen molar-refractivity contribution in [3.8, 4) is 0 Å². The zero-order valence-corrected chi connectivity index (χ0v) is 20.8. The number of ether oxygens (including phenoxy) is 1. The number of benzene rings is 1. The Morgan fingerprint density at radius 2 is 2.15 bits per heavy atom. The molecule has 2 aliphatic heterocycles. The Balaban J connectivity index is 1.44. The van der Waals surface area contributed by atoms with E-state index in [-0.39, 0.29) is 23.3 Å². The Kier molecular flexibility index (Phi) is 7.16. The molecule has 0 radical (unpaired) electrons. The third-order valence-corrected chi connectivity index (χ3v) is 8.22. The molecule has 1 spiro atoms. The van der Waals surface area contributed by atoms with Gasteiger partial charge in [0.1, 0.15) is 0 Å². The fraction of sp³-hybridized carbons (Fsp3) is 0.455. The maximum absolute atomic E-state index is 13.2. The van der Waals surface area contributed by atoms with Crippen molar-refractivity contribution in [1.29, 1.82) is 0 Å². The van der Waals surface area contributed by atoms with Gasteiger partial charge in [-0.1, -0.05) is 22.9 Å². The molecule has 1 N–H and O–H groups in total. The lowest BCUT2D eigenvalue weighted by molar-refractivity contribution is -0.142. The summed E-state index contributed by atoms with van der Waals surface area (Å²) in [5, 5.41) is 4.00. The molecule has 176 valence electrons. The molecule has 1 aromatic carbocycles. The molecule has 0 saturated carbocycles. The van der Waals surface area contributed by atoms with E-state index >= 15 is 0 Å². The molecule has 1 fully saturated rings. The molecule has 2 aliphatic rings. The van der Waals surface area contributed by atoms with Gasteiger partial charge in [0.2, 0.25) is 5.91 Å². The summed E-state index contributed by atoms with van der Waals surface area (Å²) in [5.41, 5.74) is 1.49. The maximum atomic E-state index is 13.2. The summed E-state index contributed by atoms with van der Waals surface area (Å²) < 4.78 is 5.84. The number of rotatable bonds is 6. The van der Waals surface area contributed by atoms with E-state index in [2.05, 4.69) is 10.3 Å². The van der Waals surface area contributed by atoms with Crippen molar-refractivity contribution in [3.63, 3.8) is 0 Å². The number of carbonyl (C=O) groups is 3. The van der Waals surface area contributed by atoms with Crippen LogP contribution in [0.5, 0.6) is 0 Å². The summed E-state index contributed by atoms with van der Waals surface area (Å²) in [4.78, 5) is 44.5. The van der Waals surface area contributed by atoms with Gasteiger partial charge in [-0.15, -0.1) is 11.8 Å². The number of urea groups is 1. The van der Waals surface area contributed by atoms with Gasteiger partial charge in [-0.3, -0.25) is 19.8 Å². The summed E-state index contributed by atoms with van der Waals surface area (Å²) in [7, 11) is 0. The van der Waals surface area contributed by atoms with E-state index in [1.54, 1.807) is 31.0 Å². The van der Waals surface area contributed by atoms with Crippen LogP contribution in [0.25, 0.3) is 0 Å². The molecule has 33 heavy (non-hydrogen) atoms. The quantitative estimate of drug-likeness (QED) is 0.459. The second kappa shape index (κ2) is 9.90. The molecule has 11 heteroatoms. The smallest absolute Gasteiger partial charge is 0.328 e. The van der Waals surface area contributed by atoms with E-state index in [1.165, 1.54) is 23.1 Å². The molecular formula is C22H25ClN4O4S2. The number of nitrogens with zero attached hydrogens (tertiary/aromatic N) is 3. The lowest BCUT2D eigenvalue weighted by atomic mass is 9.81. The topological polar surface area (TPSA) is 91.8 Å². The Labute approximate surface area is 205 Å². The minimum Gasteiger partial charge on any atom is -0.466 e. The van der Waals surface area contributed by atoms with Crippen molar-refractivity contribution < 1.29 is 19.1 Å². The monoisotopic (exact) mass is 508 g/mol. The normalized spacial score (nSPS) is 19.1. The average molecular weight is 509 g/mol. The van der Waals surface area contributed by atoms with Gasteiger partial charge in [-0.2, -0.15) is 0 Å². The van der Waals surface area contributed by atoms with Crippen molar-refractivity contribution in [3.05, 3.63) is 35.0 Å².